The molecule has 0 spiro atoms. The number of carbonyl (C=O) groups is 1. The summed E-state index contributed by atoms with van der Waals surface area (Å²) in [6.45, 7) is 6.21. The van der Waals surface area contributed by atoms with Crippen LogP contribution < -0.4 is 20.1 Å². The Morgan fingerprint density at radius 1 is 1.20 bits per heavy atom. The molecule has 0 bridgehead atoms. The van der Waals surface area contributed by atoms with Crippen molar-refractivity contribution in [3.05, 3.63) is 17.2 Å². The van der Waals surface area contributed by atoms with E-state index in [2.05, 4.69) is 24.5 Å². The average Bonchev–Trinajstić information content (AvgIpc) is 2.91. The van der Waals surface area contributed by atoms with Gasteiger partial charge in [-0.2, -0.15) is 0 Å². The number of rotatable bonds is 2. The van der Waals surface area contributed by atoms with E-state index >= 15 is 0 Å². The van der Waals surface area contributed by atoms with Crippen molar-refractivity contribution in [2.24, 2.45) is 11.3 Å². The lowest BCUT2D eigenvalue weighted by molar-refractivity contribution is -0.107. The van der Waals surface area contributed by atoms with Gasteiger partial charge in [0.2, 0.25) is 0 Å². The molecule has 1 aromatic rings. The van der Waals surface area contributed by atoms with E-state index in [0.717, 1.165) is 19.4 Å². The van der Waals surface area contributed by atoms with Crippen LogP contribution in [0, 0.1) is 11.3 Å². The number of amides is 2. The standard InChI is InChI=1S/C18H23ClN2O4/c1-18(2)15(10-4-7-25-16(10)18)21-17(22)20-12-9-14-13(8-11(12)19)23-5-3-6-24-14/h8-10,15-16H,3-7H2,1-2H3,(H2,20,21,22)/t10-,15-,16-/m1/s1. The first kappa shape index (κ1) is 16.8. The molecule has 1 aromatic carbocycles. The van der Waals surface area contributed by atoms with Crippen molar-refractivity contribution in [1.29, 1.82) is 0 Å². The van der Waals surface area contributed by atoms with Crippen molar-refractivity contribution < 1.29 is 19.0 Å². The highest BCUT2D eigenvalue weighted by molar-refractivity contribution is 6.34. The lowest BCUT2D eigenvalue weighted by Crippen LogP contribution is -2.67. The van der Waals surface area contributed by atoms with Gasteiger partial charge in [-0.3, -0.25) is 0 Å². The summed E-state index contributed by atoms with van der Waals surface area (Å²) in [4.78, 5) is 12.5. The first-order valence-electron chi connectivity index (χ1n) is 8.75. The van der Waals surface area contributed by atoms with Gasteiger partial charge in [0, 0.05) is 42.5 Å². The second kappa shape index (κ2) is 6.25. The maximum absolute atomic E-state index is 12.5. The molecule has 136 valence electrons. The summed E-state index contributed by atoms with van der Waals surface area (Å²) in [5, 5.41) is 6.35. The van der Waals surface area contributed by atoms with Crippen LogP contribution >= 0.6 is 11.6 Å². The van der Waals surface area contributed by atoms with Gasteiger partial charge in [0.05, 0.1) is 30.0 Å². The van der Waals surface area contributed by atoms with Crippen molar-refractivity contribution in [1.82, 2.24) is 5.32 Å². The molecule has 2 amide bonds. The van der Waals surface area contributed by atoms with Crippen LogP contribution in [-0.4, -0.2) is 38.0 Å². The Labute approximate surface area is 152 Å². The molecule has 7 heteroatoms. The molecule has 2 aliphatic heterocycles. The summed E-state index contributed by atoms with van der Waals surface area (Å²) in [5.74, 6) is 1.60. The van der Waals surface area contributed by atoms with E-state index in [1.807, 2.05) is 0 Å². The van der Waals surface area contributed by atoms with Crippen LogP contribution in [0.2, 0.25) is 5.02 Å². The Kier molecular flexibility index (Phi) is 4.20. The fourth-order valence-electron chi connectivity index (χ4n) is 4.20. The second-order valence-electron chi connectivity index (χ2n) is 7.47. The zero-order valence-electron chi connectivity index (χ0n) is 14.4. The number of anilines is 1. The van der Waals surface area contributed by atoms with Crippen LogP contribution in [0.3, 0.4) is 0 Å². The summed E-state index contributed by atoms with van der Waals surface area (Å²) in [5.41, 5.74) is 0.451. The first-order chi connectivity index (χ1) is 12.0. The molecule has 1 saturated heterocycles. The van der Waals surface area contributed by atoms with Gasteiger partial charge in [-0.1, -0.05) is 25.4 Å². The molecule has 0 aromatic heterocycles. The molecule has 1 saturated carbocycles. The highest BCUT2D eigenvalue weighted by Crippen LogP contribution is 2.52. The van der Waals surface area contributed by atoms with E-state index in [9.17, 15) is 4.79 Å². The van der Waals surface area contributed by atoms with E-state index in [1.165, 1.54) is 0 Å². The van der Waals surface area contributed by atoms with Crippen molar-refractivity contribution >= 4 is 23.3 Å². The number of carbonyl (C=O) groups excluding carboxylic acids is 1. The topological polar surface area (TPSA) is 68.8 Å². The van der Waals surface area contributed by atoms with E-state index in [-0.39, 0.29) is 23.6 Å². The number of nitrogens with one attached hydrogen (secondary N) is 2. The number of hydrogen-bond acceptors (Lipinski definition) is 4. The zero-order chi connectivity index (χ0) is 17.6. The predicted molar refractivity (Wildman–Crippen MR) is 94.6 cm³/mol. The Bertz CT molecular complexity index is 694. The summed E-state index contributed by atoms with van der Waals surface area (Å²) < 4.78 is 17.0. The smallest absolute Gasteiger partial charge is 0.319 e. The van der Waals surface area contributed by atoms with Gasteiger partial charge in [0.1, 0.15) is 0 Å². The van der Waals surface area contributed by atoms with Crippen molar-refractivity contribution in [2.45, 2.75) is 38.8 Å². The van der Waals surface area contributed by atoms with E-state index in [1.54, 1.807) is 12.1 Å². The molecule has 2 fully saturated rings. The molecule has 0 radical (unpaired) electrons. The molecular formula is C18H23ClN2O4. The fourth-order valence-corrected chi connectivity index (χ4v) is 4.40. The Hall–Kier alpha value is -1.66. The maximum atomic E-state index is 12.5. The lowest BCUT2D eigenvalue weighted by atomic mass is 9.57. The number of halogens is 1. The summed E-state index contributed by atoms with van der Waals surface area (Å²) in [7, 11) is 0. The molecule has 4 rings (SSSR count). The first-order valence-corrected chi connectivity index (χ1v) is 9.13. The molecule has 2 heterocycles. The summed E-state index contributed by atoms with van der Waals surface area (Å²) in [6.07, 6.45) is 2.04. The monoisotopic (exact) mass is 366 g/mol. The third-order valence-electron chi connectivity index (χ3n) is 5.47. The summed E-state index contributed by atoms with van der Waals surface area (Å²) >= 11 is 6.29. The van der Waals surface area contributed by atoms with E-state index < -0.39 is 0 Å². The number of fused-ring (bicyclic) bond motifs is 2. The lowest BCUT2D eigenvalue weighted by Gasteiger charge is -2.54. The van der Waals surface area contributed by atoms with Gasteiger partial charge in [0.15, 0.2) is 11.5 Å². The maximum Gasteiger partial charge on any atom is 0.319 e. The van der Waals surface area contributed by atoms with E-state index in [0.29, 0.717) is 41.3 Å². The summed E-state index contributed by atoms with van der Waals surface area (Å²) in [6, 6.07) is 3.24. The van der Waals surface area contributed by atoms with Crippen molar-refractivity contribution in [3.8, 4) is 11.5 Å². The fraction of sp³-hybridized carbons (Fsp3) is 0.611. The highest BCUT2D eigenvalue weighted by Gasteiger charge is 2.59. The Morgan fingerprint density at radius 2 is 1.92 bits per heavy atom. The molecule has 1 aliphatic carbocycles. The van der Waals surface area contributed by atoms with Gasteiger partial charge in [-0.05, 0) is 6.42 Å². The highest BCUT2D eigenvalue weighted by atomic mass is 35.5. The van der Waals surface area contributed by atoms with Crippen LogP contribution in [0.4, 0.5) is 10.5 Å². The largest absolute Gasteiger partial charge is 0.490 e. The Morgan fingerprint density at radius 3 is 2.68 bits per heavy atom. The molecule has 3 atom stereocenters. The average molecular weight is 367 g/mol. The van der Waals surface area contributed by atoms with Crippen LogP contribution in [0.25, 0.3) is 0 Å². The molecule has 0 unspecified atom stereocenters. The molecule has 2 N–H and O–H groups in total. The minimum Gasteiger partial charge on any atom is -0.490 e. The van der Waals surface area contributed by atoms with Crippen molar-refractivity contribution in [2.75, 3.05) is 25.1 Å². The third-order valence-corrected chi connectivity index (χ3v) is 5.79. The minimum atomic E-state index is -0.264. The van der Waals surface area contributed by atoms with Crippen LogP contribution in [-0.2, 0) is 4.74 Å². The number of ether oxygens (including phenoxy) is 3. The molecule has 3 aliphatic rings. The van der Waals surface area contributed by atoms with Gasteiger partial charge >= 0.3 is 6.03 Å². The molecule has 25 heavy (non-hydrogen) atoms. The van der Waals surface area contributed by atoms with Crippen LogP contribution in [0.1, 0.15) is 26.7 Å². The van der Waals surface area contributed by atoms with Gasteiger partial charge in [-0.15, -0.1) is 0 Å². The van der Waals surface area contributed by atoms with Gasteiger partial charge in [-0.25, -0.2) is 4.79 Å². The van der Waals surface area contributed by atoms with Gasteiger partial charge in [0.25, 0.3) is 0 Å². The van der Waals surface area contributed by atoms with Crippen LogP contribution in [0.15, 0.2) is 12.1 Å². The molecule has 6 nitrogen and oxygen atoms in total. The minimum absolute atomic E-state index is 0.0625. The second-order valence-corrected chi connectivity index (χ2v) is 7.88. The normalized spacial score (nSPS) is 29.2. The van der Waals surface area contributed by atoms with E-state index in [4.69, 9.17) is 25.8 Å². The quantitative estimate of drug-likeness (QED) is 0.841. The SMILES string of the molecule is CC1(C)[C@H](NC(=O)Nc2cc3c(cc2Cl)OCCCO3)[C@H]2CCO[C@H]21. The van der Waals surface area contributed by atoms with Crippen LogP contribution in [0.5, 0.6) is 11.5 Å². The predicted octanol–water partition coefficient (Wildman–Crippen LogP) is 3.44. The Balaban J connectivity index is 1.45. The number of urea groups is 1. The number of hydrogen-bond donors (Lipinski definition) is 2. The van der Waals surface area contributed by atoms with Gasteiger partial charge < -0.3 is 24.8 Å². The zero-order valence-corrected chi connectivity index (χ0v) is 15.2. The van der Waals surface area contributed by atoms with Crippen molar-refractivity contribution in [3.63, 3.8) is 0 Å². The third kappa shape index (κ3) is 2.91. The number of benzene rings is 1. The molecular weight excluding hydrogens is 344 g/mol.